The third-order valence-electron chi connectivity index (χ3n) is 10.2. The number of fused-ring (bicyclic) bond motifs is 4. The van der Waals surface area contributed by atoms with Crippen molar-refractivity contribution < 1.29 is 43.7 Å². The summed E-state index contributed by atoms with van der Waals surface area (Å²) in [6.07, 6.45) is 3.23. The standard InChI is InChI=1S/C36H27Cl2FN2O8/c1-2-4-17-5-3-6-24(29(17)43)28-21-13-14-23-27(31(45)40(30(23)44)20-11-12-22(32(46)47)26(42)15-20)25(21)16-35(37)33(48)41(34(49)36(28,35)38)19-9-7-18(39)8-10-19/h2-3,5-13,15,23,25,27-28,42-43H,1,4,14,16H2,(H,46,47)/t23-,25+,27-,28+,35+,36-/m0/s1. The number of aromatic carboxylic acids is 1. The van der Waals surface area contributed by atoms with Crippen LogP contribution in [0.5, 0.6) is 11.5 Å². The molecule has 6 atom stereocenters. The number of amides is 4. The van der Waals surface area contributed by atoms with Crippen LogP contribution in [0.15, 0.2) is 85.0 Å². The molecule has 0 unspecified atom stereocenters. The molecule has 250 valence electrons. The Hall–Kier alpha value is -5.00. The molecule has 49 heavy (non-hydrogen) atoms. The number of hydrogen-bond acceptors (Lipinski definition) is 7. The molecule has 3 aromatic rings. The van der Waals surface area contributed by atoms with Gasteiger partial charge >= 0.3 is 5.97 Å². The number of imide groups is 2. The van der Waals surface area contributed by atoms with Gasteiger partial charge in [0.2, 0.25) is 11.8 Å². The number of phenols is 2. The highest BCUT2D eigenvalue weighted by molar-refractivity contribution is 6.58. The number of phenolic OH excluding ortho intramolecular Hbond substituents is 1. The molecule has 2 heterocycles. The van der Waals surface area contributed by atoms with E-state index in [2.05, 4.69) is 6.58 Å². The van der Waals surface area contributed by atoms with E-state index in [1.54, 1.807) is 30.4 Å². The lowest BCUT2D eigenvalue weighted by molar-refractivity contribution is -0.125. The van der Waals surface area contributed by atoms with Crippen molar-refractivity contribution in [1.29, 1.82) is 0 Å². The van der Waals surface area contributed by atoms with E-state index in [9.17, 15) is 43.7 Å². The second-order valence-corrected chi connectivity index (χ2v) is 13.9. The van der Waals surface area contributed by atoms with Crippen LogP contribution in [-0.2, 0) is 25.6 Å². The quantitative estimate of drug-likeness (QED) is 0.175. The Balaban J connectivity index is 1.39. The Bertz CT molecular complexity index is 2050. The van der Waals surface area contributed by atoms with Crippen molar-refractivity contribution in [3.63, 3.8) is 0 Å². The highest BCUT2D eigenvalue weighted by Gasteiger charge is 2.77. The van der Waals surface area contributed by atoms with Crippen LogP contribution >= 0.6 is 23.2 Å². The summed E-state index contributed by atoms with van der Waals surface area (Å²) in [5.41, 5.74) is 0.630. The van der Waals surface area contributed by atoms with Gasteiger partial charge in [-0.15, -0.1) is 29.8 Å². The van der Waals surface area contributed by atoms with Crippen LogP contribution in [0.3, 0.4) is 0 Å². The first-order valence-electron chi connectivity index (χ1n) is 15.3. The van der Waals surface area contributed by atoms with Gasteiger partial charge in [0, 0.05) is 17.5 Å². The normalized spacial score (nSPS) is 29.0. The van der Waals surface area contributed by atoms with Gasteiger partial charge in [0.1, 0.15) is 22.9 Å². The number of para-hydroxylation sites is 1. The number of carbonyl (C=O) groups excluding carboxylic acids is 4. The zero-order valence-corrected chi connectivity index (χ0v) is 27.0. The van der Waals surface area contributed by atoms with E-state index in [4.69, 9.17) is 23.2 Å². The van der Waals surface area contributed by atoms with Crippen molar-refractivity contribution in [2.24, 2.45) is 17.8 Å². The zero-order valence-electron chi connectivity index (χ0n) is 25.5. The molecule has 2 saturated heterocycles. The Kier molecular flexibility index (Phi) is 7.49. The summed E-state index contributed by atoms with van der Waals surface area (Å²) in [4.78, 5) is 65.7. The number of rotatable bonds is 6. The van der Waals surface area contributed by atoms with Crippen molar-refractivity contribution in [2.45, 2.75) is 34.9 Å². The second-order valence-electron chi connectivity index (χ2n) is 12.6. The number of carbonyl (C=O) groups is 5. The highest BCUT2D eigenvalue weighted by Crippen LogP contribution is 2.66. The van der Waals surface area contributed by atoms with Crippen LogP contribution in [0.1, 0.15) is 40.2 Å². The molecule has 0 aromatic heterocycles. The van der Waals surface area contributed by atoms with Gasteiger partial charge in [-0.05, 0) is 67.1 Å². The Labute approximate surface area is 288 Å². The first-order valence-corrected chi connectivity index (χ1v) is 16.1. The number of halogens is 3. The topological polar surface area (TPSA) is 153 Å². The number of alkyl halides is 2. The molecule has 13 heteroatoms. The first kappa shape index (κ1) is 32.5. The summed E-state index contributed by atoms with van der Waals surface area (Å²) in [5.74, 6) is -10.1. The van der Waals surface area contributed by atoms with E-state index in [1.807, 2.05) is 0 Å². The Morgan fingerprint density at radius 3 is 2.29 bits per heavy atom. The van der Waals surface area contributed by atoms with Crippen molar-refractivity contribution >= 4 is 64.2 Å². The van der Waals surface area contributed by atoms with Crippen molar-refractivity contribution in [3.8, 4) is 11.5 Å². The lowest BCUT2D eigenvalue weighted by Gasteiger charge is -2.50. The molecule has 4 aliphatic rings. The number of hydrogen-bond donors (Lipinski definition) is 3. The molecular formula is C36H27Cl2FN2O8. The number of carboxylic acids is 1. The molecule has 7 rings (SSSR count). The molecule has 3 N–H and O–H groups in total. The van der Waals surface area contributed by atoms with Crippen LogP contribution in [0.25, 0.3) is 0 Å². The highest BCUT2D eigenvalue weighted by atomic mass is 35.5. The lowest BCUT2D eigenvalue weighted by Crippen LogP contribution is -2.60. The van der Waals surface area contributed by atoms with Crippen LogP contribution in [-0.4, -0.2) is 54.7 Å². The predicted molar refractivity (Wildman–Crippen MR) is 176 cm³/mol. The monoisotopic (exact) mass is 704 g/mol. The molecular weight excluding hydrogens is 678 g/mol. The number of aromatic hydroxyl groups is 2. The number of anilines is 2. The van der Waals surface area contributed by atoms with Crippen molar-refractivity contribution in [2.75, 3.05) is 9.80 Å². The Morgan fingerprint density at radius 2 is 1.63 bits per heavy atom. The largest absolute Gasteiger partial charge is 0.507 e. The minimum atomic E-state index is -2.23. The number of allylic oxidation sites excluding steroid dienone is 3. The Morgan fingerprint density at radius 1 is 0.939 bits per heavy atom. The van der Waals surface area contributed by atoms with Crippen LogP contribution in [0, 0.1) is 23.6 Å². The fourth-order valence-electron chi connectivity index (χ4n) is 8.00. The van der Waals surface area contributed by atoms with Crippen LogP contribution in [0.4, 0.5) is 15.8 Å². The minimum Gasteiger partial charge on any atom is -0.507 e. The summed E-state index contributed by atoms with van der Waals surface area (Å²) < 4.78 is 13.9. The van der Waals surface area contributed by atoms with E-state index >= 15 is 0 Å². The fourth-order valence-corrected chi connectivity index (χ4v) is 8.93. The van der Waals surface area contributed by atoms with Gasteiger partial charge in [0.05, 0.1) is 23.2 Å². The summed E-state index contributed by atoms with van der Waals surface area (Å²) in [6.45, 7) is 3.74. The molecule has 0 bridgehead atoms. The number of nitrogens with zero attached hydrogens (tertiary/aromatic N) is 2. The minimum absolute atomic E-state index is 0.0203. The van der Waals surface area contributed by atoms with E-state index in [-0.39, 0.29) is 42.0 Å². The summed E-state index contributed by atoms with van der Waals surface area (Å²) in [7, 11) is 0. The maximum absolute atomic E-state index is 14.5. The summed E-state index contributed by atoms with van der Waals surface area (Å²) in [6, 6.07) is 12.8. The third kappa shape index (κ3) is 4.41. The van der Waals surface area contributed by atoms with Crippen molar-refractivity contribution in [1.82, 2.24) is 0 Å². The number of benzene rings is 3. The average molecular weight is 706 g/mol. The molecule has 4 amide bonds. The molecule has 1 saturated carbocycles. The van der Waals surface area contributed by atoms with Gasteiger partial charge < -0.3 is 15.3 Å². The fraction of sp³-hybridized carbons (Fsp3) is 0.250. The van der Waals surface area contributed by atoms with Crippen molar-refractivity contribution in [3.05, 3.63) is 107 Å². The third-order valence-corrected chi connectivity index (χ3v) is 11.6. The van der Waals surface area contributed by atoms with Gasteiger partial charge in [-0.25, -0.2) is 19.0 Å². The van der Waals surface area contributed by atoms with E-state index in [1.165, 1.54) is 18.2 Å². The molecule has 0 radical (unpaired) electrons. The van der Waals surface area contributed by atoms with E-state index in [0.717, 1.165) is 34.1 Å². The number of carboxylic acid groups (broad SMARTS) is 1. The van der Waals surface area contributed by atoms with Gasteiger partial charge in [0.15, 0.2) is 9.75 Å². The molecule has 2 aliphatic heterocycles. The molecule has 0 spiro atoms. The molecule has 2 aliphatic carbocycles. The van der Waals surface area contributed by atoms with Crippen LogP contribution in [0.2, 0.25) is 0 Å². The predicted octanol–water partition coefficient (Wildman–Crippen LogP) is 5.43. The van der Waals surface area contributed by atoms with Gasteiger partial charge in [-0.2, -0.15) is 0 Å². The summed E-state index contributed by atoms with van der Waals surface area (Å²) >= 11 is 14.7. The van der Waals surface area contributed by atoms with Gasteiger partial charge in [0.25, 0.3) is 11.8 Å². The maximum atomic E-state index is 14.5. The van der Waals surface area contributed by atoms with E-state index in [0.29, 0.717) is 11.1 Å². The summed E-state index contributed by atoms with van der Waals surface area (Å²) in [5, 5.41) is 31.3. The van der Waals surface area contributed by atoms with Crippen LogP contribution < -0.4 is 9.80 Å². The van der Waals surface area contributed by atoms with Gasteiger partial charge in [-0.1, -0.05) is 35.9 Å². The average Bonchev–Trinajstić information content (AvgIpc) is 3.40. The zero-order chi connectivity index (χ0) is 35.2. The lowest BCUT2D eigenvalue weighted by atomic mass is 9.56. The molecule has 10 nitrogen and oxygen atoms in total. The second kappa shape index (κ2) is 11.3. The smallest absolute Gasteiger partial charge is 0.339 e. The first-order chi connectivity index (χ1) is 23.3. The maximum Gasteiger partial charge on any atom is 0.339 e. The van der Waals surface area contributed by atoms with E-state index < -0.39 is 80.1 Å². The SMILES string of the molecule is C=CCc1cccc([C@H]2C3=CC[C@@H]4C(=O)N(c5ccc(C(=O)O)c(O)c5)C(=O)[C@@H]4[C@@H]3C[C@@]3(Cl)C(=O)N(c4ccc(F)cc4)C(=O)[C@@]23Cl)c1O. The van der Waals surface area contributed by atoms with Gasteiger partial charge in [-0.3, -0.25) is 19.2 Å². The molecule has 3 fully saturated rings. The molecule has 3 aromatic carbocycles.